The predicted molar refractivity (Wildman–Crippen MR) is 72.6 cm³/mol. The quantitative estimate of drug-likeness (QED) is 0.751. The van der Waals surface area contributed by atoms with E-state index in [0.717, 1.165) is 22.2 Å². The minimum absolute atomic E-state index is 0.764. The minimum Gasteiger partial charge on any atom is -0.325 e. The molecule has 84 valence electrons. The Morgan fingerprint density at radius 3 is 2.59 bits per heavy atom. The Labute approximate surface area is 104 Å². The largest absolute Gasteiger partial charge is 0.325 e. The van der Waals surface area contributed by atoms with Gasteiger partial charge in [0.2, 0.25) is 5.96 Å². The number of para-hydroxylation sites is 2. The summed E-state index contributed by atoms with van der Waals surface area (Å²) in [5.41, 5.74) is 2.02. The molecular formula is C13H11N3S. The summed E-state index contributed by atoms with van der Waals surface area (Å²) in [6.07, 6.45) is 0. The van der Waals surface area contributed by atoms with Crippen LogP contribution >= 0.6 is 11.9 Å². The third-order valence-electron chi connectivity index (χ3n) is 2.39. The second-order valence-electron chi connectivity index (χ2n) is 3.62. The van der Waals surface area contributed by atoms with Gasteiger partial charge in [-0.25, -0.2) is 4.99 Å². The molecule has 0 atom stereocenters. The van der Waals surface area contributed by atoms with Crippen molar-refractivity contribution in [3.63, 3.8) is 0 Å². The summed E-state index contributed by atoms with van der Waals surface area (Å²) in [6.45, 7) is 0. The number of rotatable bonds is 1. The molecule has 3 nitrogen and oxygen atoms in total. The zero-order valence-electron chi connectivity index (χ0n) is 9.05. The van der Waals surface area contributed by atoms with Crippen LogP contribution < -0.4 is 10.0 Å². The maximum Gasteiger partial charge on any atom is 0.211 e. The standard InChI is InChI=1S/C13H11N3S/c1-2-6-10(7-3-1)14-13-15-11-8-4-5-9-12(11)17-16-13/h1-9H,(H2,14,15,16). The van der Waals surface area contributed by atoms with Crippen LogP contribution in [0.5, 0.6) is 0 Å². The Morgan fingerprint density at radius 2 is 1.71 bits per heavy atom. The molecule has 0 unspecified atom stereocenters. The first-order valence-electron chi connectivity index (χ1n) is 5.34. The molecule has 0 saturated carbocycles. The first kappa shape index (κ1) is 10.2. The van der Waals surface area contributed by atoms with Crippen LogP contribution in [0.15, 0.2) is 64.5 Å². The topological polar surface area (TPSA) is 36.4 Å². The van der Waals surface area contributed by atoms with Crippen LogP contribution in [-0.4, -0.2) is 5.96 Å². The van der Waals surface area contributed by atoms with Gasteiger partial charge in [-0.05, 0) is 36.2 Å². The molecule has 0 spiro atoms. The molecule has 0 amide bonds. The number of hydrogen-bond acceptors (Lipinski definition) is 4. The van der Waals surface area contributed by atoms with Gasteiger partial charge in [0.1, 0.15) is 0 Å². The van der Waals surface area contributed by atoms with Gasteiger partial charge in [0.25, 0.3) is 0 Å². The summed E-state index contributed by atoms with van der Waals surface area (Å²) < 4.78 is 3.18. The average Bonchev–Trinajstić information content (AvgIpc) is 2.40. The van der Waals surface area contributed by atoms with Gasteiger partial charge >= 0.3 is 0 Å². The summed E-state index contributed by atoms with van der Waals surface area (Å²) in [6, 6.07) is 18.1. The van der Waals surface area contributed by atoms with Crippen molar-refractivity contribution in [3.05, 3.63) is 54.6 Å². The van der Waals surface area contributed by atoms with E-state index >= 15 is 0 Å². The van der Waals surface area contributed by atoms with E-state index in [-0.39, 0.29) is 0 Å². The number of benzene rings is 2. The molecule has 4 heteroatoms. The number of nitrogens with one attached hydrogen (secondary N) is 2. The Balaban J connectivity index is 1.85. The van der Waals surface area contributed by atoms with Crippen LogP contribution in [0.2, 0.25) is 0 Å². The molecule has 1 aliphatic heterocycles. The molecule has 1 aliphatic rings. The van der Waals surface area contributed by atoms with E-state index in [0.29, 0.717) is 0 Å². The summed E-state index contributed by atoms with van der Waals surface area (Å²) in [7, 11) is 0. The van der Waals surface area contributed by atoms with Gasteiger partial charge in [-0.2, -0.15) is 0 Å². The third-order valence-corrected chi connectivity index (χ3v) is 3.25. The fourth-order valence-corrected chi connectivity index (χ4v) is 2.26. The van der Waals surface area contributed by atoms with Gasteiger partial charge in [-0.1, -0.05) is 30.3 Å². The molecule has 3 rings (SSSR count). The Kier molecular flexibility index (Phi) is 2.71. The highest BCUT2D eigenvalue weighted by atomic mass is 32.2. The second kappa shape index (κ2) is 4.51. The van der Waals surface area contributed by atoms with E-state index in [4.69, 9.17) is 0 Å². The van der Waals surface area contributed by atoms with E-state index < -0.39 is 0 Å². The molecule has 2 aromatic carbocycles. The predicted octanol–water partition coefficient (Wildman–Crippen LogP) is 3.40. The summed E-state index contributed by atoms with van der Waals surface area (Å²) in [5.74, 6) is 0.764. The zero-order chi connectivity index (χ0) is 11.5. The fraction of sp³-hybridized carbons (Fsp3) is 0. The lowest BCUT2D eigenvalue weighted by molar-refractivity contribution is 1.27. The second-order valence-corrected chi connectivity index (χ2v) is 4.47. The Hall–Kier alpha value is -1.94. The normalized spacial score (nSPS) is 13.3. The molecule has 0 fully saturated rings. The molecule has 0 aliphatic carbocycles. The van der Waals surface area contributed by atoms with Crippen LogP contribution in [0.1, 0.15) is 0 Å². The van der Waals surface area contributed by atoms with E-state index in [1.165, 1.54) is 0 Å². The van der Waals surface area contributed by atoms with Crippen molar-refractivity contribution < 1.29 is 0 Å². The lowest BCUT2D eigenvalue weighted by atomic mass is 10.3. The zero-order valence-corrected chi connectivity index (χ0v) is 9.87. The molecule has 2 N–H and O–H groups in total. The van der Waals surface area contributed by atoms with Crippen molar-refractivity contribution in [1.29, 1.82) is 0 Å². The van der Waals surface area contributed by atoms with Crippen molar-refractivity contribution in [1.82, 2.24) is 4.72 Å². The number of hydrogen-bond donors (Lipinski definition) is 2. The highest BCUT2D eigenvalue weighted by molar-refractivity contribution is 7.98. The summed E-state index contributed by atoms with van der Waals surface area (Å²) >= 11 is 1.57. The van der Waals surface area contributed by atoms with Crippen molar-refractivity contribution in [2.45, 2.75) is 4.90 Å². The van der Waals surface area contributed by atoms with Crippen molar-refractivity contribution >= 4 is 29.3 Å². The van der Waals surface area contributed by atoms with Crippen molar-refractivity contribution in [2.24, 2.45) is 4.99 Å². The molecule has 0 radical (unpaired) electrons. The highest BCUT2D eigenvalue weighted by Crippen LogP contribution is 2.30. The molecule has 2 aromatic rings. The maximum atomic E-state index is 4.51. The van der Waals surface area contributed by atoms with Gasteiger partial charge in [0, 0.05) is 5.69 Å². The average molecular weight is 241 g/mol. The summed E-state index contributed by atoms with van der Waals surface area (Å²) in [5, 5.41) is 3.24. The lowest BCUT2D eigenvalue weighted by Crippen LogP contribution is -2.26. The van der Waals surface area contributed by atoms with Crippen molar-refractivity contribution in [2.75, 3.05) is 5.32 Å². The van der Waals surface area contributed by atoms with E-state index in [1.807, 2.05) is 48.5 Å². The van der Waals surface area contributed by atoms with Crippen LogP contribution in [0, 0.1) is 0 Å². The van der Waals surface area contributed by atoms with Crippen LogP contribution in [0.4, 0.5) is 11.4 Å². The monoisotopic (exact) mass is 241 g/mol. The van der Waals surface area contributed by atoms with Crippen molar-refractivity contribution in [3.8, 4) is 0 Å². The summed E-state index contributed by atoms with van der Waals surface area (Å²) in [4.78, 5) is 5.66. The molecule has 0 saturated heterocycles. The number of aliphatic imine (C=N–C) groups is 1. The Morgan fingerprint density at radius 1 is 0.941 bits per heavy atom. The third kappa shape index (κ3) is 2.26. The number of nitrogens with zero attached hydrogens (tertiary/aromatic N) is 1. The molecular weight excluding hydrogens is 230 g/mol. The minimum atomic E-state index is 0.764. The van der Waals surface area contributed by atoms with Gasteiger partial charge in [0.05, 0.1) is 10.6 Å². The molecule has 0 bridgehead atoms. The lowest BCUT2D eigenvalue weighted by Gasteiger charge is -2.17. The highest BCUT2D eigenvalue weighted by Gasteiger charge is 2.10. The van der Waals surface area contributed by atoms with Gasteiger partial charge in [0.15, 0.2) is 0 Å². The van der Waals surface area contributed by atoms with Crippen LogP contribution in [-0.2, 0) is 0 Å². The maximum absolute atomic E-state index is 4.51. The van der Waals surface area contributed by atoms with Gasteiger partial charge in [-0.3, -0.25) is 4.72 Å². The van der Waals surface area contributed by atoms with E-state index in [2.05, 4.69) is 21.1 Å². The van der Waals surface area contributed by atoms with Gasteiger partial charge in [-0.15, -0.1) is 0 Å². The van der Waals surface area contributed by atoms with Gasteiger partial charge < -0.3 is 5.32 Å². The van der Waals surface area contributed by atoms with Crippen LogP contribution in [0.3, 0.4) is 0 Å². The molecule has 1 heterocycles. The first-order chi connectivity index (χ1) is 8.42. The first-order valence-corrected chi connectivity index (χ1v) is 6.16. The smallest absolute Gasteiger partial charge is 0.211 e. The molecule has 17 heavy (non-hydrogen) atoms. The van der Waals surface area contributed by atoms with E-state index in [1.54, 1.807) is 11.9 Å². The number of guanidine groups is 1. The molecule has 0 aromatic heterocycles. The number of anilines is 1. The Bertz CT molecular complexity index is 552. The SMILES string of the molecule is c1ccc(NC2=Nc3ccccc3SN2)cc1. The van der Waals surface area contributed by atoms with Crippen LogP contribution in [0.25, 0.3) is 0 Å². The fourth-order valence-electron chi connectivity index (χ4n) is 1.59. The van der Waals surface area contributed by atoms with E-state index in [9.17, 15) is 0 Å². The number of fused-ring (bicyclic) bond motifs is 1.